The Morgan fingerprint density at radius 3 is 2.37 bits per heavy atom. The third-order valence-electron chi connectivity index (χ3n) is 2.49. The number of benzene rings is 1. The number of Topliss-reactive ketones (excluding diaryl/α,β-unsaturated/α-hetero) is 1. The first-order valence-electron chi connectivity index (χ1n) is 6.12. The zero-order valence-corrected chi connectivity index (χ0v) is 11.6. The maximum absolute atomic E-state index is 11.4. The van der Waals surface area contributed by atoms with Gasteiger partial charge >= 0.3 is 0 Å². The molecule has 0 bridgehead atoms. The number of nitrogens with zero attached hydrogens (tertiary/aromatic N) is 1. The van der Waals surface area contributed by atoms with E-state index in [9.17, 15) is 4.79 Å². The number of ketones is 1. The highest BCUT2D eigenvalue weighted by molar-refractivity contribution is 5.99. The van der Waals surface area contributed by atoms with Crippen LogP contribution in [0.1, 0.15) is 38.1 Å². The number of hydrogen-bond donors (Lipinski definition) is 0. The number of aromatic nitrogens is 1. The highest BCUT2D eigenvalue weighted by Crippen LogP contribution is 2.27. The standard InChI is InChI=1S/C15H17NO3/c1-10(17)13-9-16-19-14(13)11-5-7-12(8-6-11)18-15(2,3)4/h5-9H,1-4H3. The lowest BCUT2D eigenvalue weighted by Crippen LogP contribution is -2.22. The molecule has 4 nitrogen and oxygen atoms in total. The third kappa shape index (κ3) is 3.22. The van der Waals surface area contributed by atoms with Crippen LogP contribution in [-0.4, -0.2) is 16.5 Å². The second-order valence-electron chi connectivity index (χ2n) is 5.36. The smallest absolute Gasteiger partial charge is 0.177 e. The van der Waals surface area contributed by atoms with E-state index >= 15 is 0 Å². The molecule has 0 saturated carbocycles. The fraction of sp³-hybridized carbons (Fsp3) is 0.333. The Kier molecular flexibility index (Phi) is 3.42. The molecule has 4 heteroatoms. The van der Waals surface area contributed by atoms with Crippen LogP contribution in [0.2, 0.25) is 0 Å². The van der Waals surface area contributed by atoms with Crippen molar-refractivity contribution in [3.8, 4) is 17.1 Å². The molecule has 0 N–H and O–H groups in total. The summed E-state index contributed by atoms with van der Waals surface area (Å²) in [7, 11) is 0. The molecule has 0 unspecified atom stereocenters. The second-order valence-corrected chi connectivity index (χ2v) is 5.36. The molecule has 19 heavy (non-hydrogen) atoms. The lowest BCUT2D eigenvalue weighted by Gasteiger charge is -2.21. The maximum atomic E-state index is 11.4. The van der Waals surface area contributed by atoms with E-state index in [1.165, 1.54) is 13.1 Å². The first-order valence-corrected chi connectivity index (χ1v) is 6.12. The van der Waals surface area contributed by atoms with Crippen LogP contribution >= 0.6 is 0 Å². The number of carbonyl (C=O) groups is 1. The Hall–Kier alpha value is -2.10. The van der Waals surface area contributed by atoms with Crippen molar-refractivity contribution in [1.29, 1.82) is 0 Å². The maximum Gasteiger partial charge on any atom is 0.177 e. The van der Waals surface area contributed by atoms with Crippen molar-refractivity contribution in [3.63, 3.8) is 0 Å². The summed E-state index contributed by atoms with van der Waals surface area (Å²) < 4.78 is 10.9. The molecule has 0 atom stereocenters. The molecule has 0 aliphatic carbocycles. The van der Waals surface area contributed by atoms with Crippen molar-refractivity contribution in [2.45, 2.75) is 33.3 Å². The normalized spacial score (nSPS) is 11.4. The van der Waals surface area contributed by atoms with Gasteiger partial charge in [0.15, 0.2) is 11.5 Å². The van der Waals surface area contributed by atoms with Crippen LogP contribution in [0.5, 0.6) is 5.75 Å². The Balaban J connectivity index is 2.28. The summed E-state index contributed by atoms with van der Waals surface area (Å²) >= 11 is 0. The molecule has 2 rings (SSSR count). The largest absolute Gasteiger partial charge is 0.488 e. The van der Waals surface area contributed by atoms with Gasteiger partial charge in [0.2, 0.25) is 0 Å². The SMILES string of the molecule is CC(=O)c1cnoc1-c1ccc(OC(C)(C)C)cc1. The molecular weight excluding hydrogens is 242 g/mol. The molecule has 100 valence electrons. The fourth-order valence-electron chi connectivity index (χ4n) is 1.73. The second kappa shape index (κ2) is 4.88. The van der Waals surface area contributed by atoms with Gasteiger partial charge in [-0.1, -0.05) is 5.16 Å². The van der Waals surface area contributed by atoms with E-state index in [4.69, 9.17) is 9.26 Å². The minimum absolute atomic E-state index is 0.0636. The van der Waals surface area contributed by atoms with Crippen molar-refractivity contribution in [3.05, 3.63) is 36.0 Å². The molecule has 0 radical (unpaired) electrons. The highest BCUT2D eigenvalue weighted by Gasteiger charge is 2.15. The number of ether oxygens (including phenoxy) is 1. The van der Waals surface area contributed by atoms with Gasteiger partial charge in [-0.05, 0) is 52.0 Å². The van der Waals surface area contributed by atoms with E-state index in [-0.39, 0.29) is 11.4 Å². The van der Waals surface area contributed by atoms with E-state index in [0.29, 0.717) is 11.3 Å². The average molecular weight is 259 g/mol. The molecule has 0 saturated heterocycles. The van der Waals surface area contributed by atoms with Crippen molar-refractivity contribution in [2.75, 3.05) is 0 Å². The van der Waals surface area contributed by atoms with Gasteiger partial charge in [0.05, 0.1) is 11.8 Å². The van der Waals surface area contributed by atoms with Crippen LogP contribution in [0.3, 0.4) is 0 Å². The zero-order chi connectivity index (χ0) is 14.0. The van der Waals surface area contributed by atoms with Gasteiger partial charge in [0.1, 0.15) is 11.4 Å². The predicted molar refractivity (Wildman–Crippen MR) is 72.3 cm³/mol. The van der Waals surface area contributed by atoms with Gasteiger partial charge in [-0.3, -0.25) is 4.79 Å². The topological polar surface area (TPSA) is 52.3 Å². The molecule has 0 spiro atoms. The quantitative estimate of drug-likeness (QED) is 0.788. The molecule has 1 aromatic heterocycles. The molecular formula is C15H17NO3. The molecule has 0 fully saturated rings. The first-order chi connectivity index (χ1) is 8.87. The van der Waals surface area contributed by atoms with Gasteiger partial charge in [0.25, 0.3) is 0 Å². The van der Waals surface area contributed by atoms with Gasteiger partial charge in [0, 0.05) is 5.56 Å². The van der Waals surface area contributed by atoms with E-state index in [1.54, 1.807) is 0 Å². The van der Waals surface area contributed by atoms with Crippen molar-refractivity contribution < 1.29 is 14.1 Å². The average Bonchev–Trinajstić information content (AvgIpc) is 2.76. The van der Waals surface area contributed by atoms with Crippen LogP contribution < -0.4 is 4.74 Å². The Morgan fingerprint density at radius 2 is 1.84 bits per heavy atom. The minimum Gasteiger partial charge on any atom is -0.488 e. The molecule has 0 aliphatic rings. The van der Waals surface area contributed by atoms with Crippen LogP contribution in [0.4, 0.5) is 0 Å². The third-order valence-corrected chi connectivity index (χ3v) is 2.49. The molecule has 0 amide bonds. The molecule has 1 aromatic carbocycles. The number of carbonyl (C=O) groups excluding carboxylic acids is 1. The van der Waals surface area contributed by atoms with E-state index in [0.717, 1.165) is 11.3 Å². The number of hydrogen-bond acceptors (Lipinski definition) is 4. The summed E-state index contributed by atoms with van der Waals surface area (Å²) in [5.74, 6) is 1.21. The molecule has 1 heterocycles. The van der Waals surface area contributed by atoms with Crippen molar-refractivity contribution >= 4 is 5.78 Å². The number of rotatable bonds is 3. The summed E-state index contributed by atoms with van der Waals surface area (Å²) in [6, 6.07) is 7.42. The Bertz CT molecular complexity index is 576. The van der Waals surface area contributed by atoms with E-state index in [1.807, 2.05) is 45.0 Å². The van der Waals surface area contributed by atoms with Crippen LogP contribution in [0.25, 0.3) is 11.3 Å². The summed E-state index contributed by atoms with van der Waals surface area (Å²) in [5.41, 5.74) is 1.06. The van der Waals surface area contributed by atoms with Gasteiger partial charge in [-0.15, -0.1) is 0 Å². The summed E-state index contributed by atoms with van der Waals surface area (Å²) in [6.45, 7) is 7.47. The zero-order valence-electron chi connectivity index (χ0n) is 11.6. The lowest BCUT2D eigenvalue weighted by atomic mass is 10.1. The lowest BCUT2D eigenvalue weighted by molar-refractivity contribution is 0.101. The van der Waals surface area contributed by atoms with Crippen molar-refractivity contribution in [2.24, 2.45) is 0 Å². The van der Waals surface area contributed by atoms with Crippen molar-refractivity contribution in [1.82, 2.24) is 5.16 Å². The predicted octanol–water partition coefficient (Wildman–Crippen LogP) is 3.72. The molecule has 2 aromatic rings. The first kappa shape index (κ1) is 13.3. The minimum atomic E-state index is -0.238. The monoisotopic (exact) mass is 259 g/mol. The van der Waals surface area contributed by atoms with Crippen LogP contribution in [0, 0.1) is 0 Å². The van der Waals surface area contributed by atoms with Gasteiger partial charge in [-0.25, -0.2) is 0 Å². The summed E-state index contributed by atoms with van der Waals surface area (Å²) in [6.07, 6.45) is 1.44. The van der Waals surface area contributed by atoms with E-state index < -0.39 is 0 Å². The highest BCUT2D eigenvalue weighted by atomic mass is 16.5. The Labute approximate surface area is 112 Å². The summed E-state index contributed by atoms with van der Waals surface area (Å²) in [4.78, 5) is 11.4. The molecule has 0 aliphatic heterocycles. The van der Waals surface area contributed by atoms with Crippen LogP contribution in [0.15, 0.2) is 35.0 Å². The Morgan fingerprint density at radius 1 is 1.21 bits per heavy atom. The summed E-state index contributed by atoms with van der Waals surface area (Å²) in [5, 5.41) is 3.67. The van der Waals surface area contributed by atoms with Gasteiger partial charge < -0.3 is 9.26 Å². The van der Waals surface area contributed by atoms with E-state index in [2.05, 4.69) is 5.16 Å². The van der Waals surface area contributed by atoms with Crippen LogP contribution in [-0.2, 0) is 0 Å². The fourth-order valence-corrected chi connectivity index (χ4v) is 1.73. The van der Waals surface area contributed by atoms with Gasteiger partial charge in [-0.2, -0.15) is 0 Å².